The summed E-state index contributed by atoms with van der Waals surface area (Å²) in [7, 11) is 0. The molecule has 0 saturated carbocycles. The van der Waals surface area contributed by atoms with Gasteiger partial charge in [-0.2, -0.15) is 0 Å². The maximum absolute atomic E-state index is 10.1. The first-order chi connectivity index (χ1) is 7.66. The molecule has 2 nitrogen and oxygen atoms in total. The molecule has 0 radical (unpaired) electrons. The molecule has 1 aromatic rings. The van der Waals surface area contributed by atoms with Crippen molar-refractivity contribution in [2.75, 3.05) is 6.54 Å². The van der Waals surface area contributed by atoms with Crippen molar-refractivity contribution in [3.8, 4) is 0 Å². The van der Waals surface area contributed by atoms with Crippen molar-refractivity contribution >= 4 is 27.5 Å². The van der Waals surface area contributed by atoms with Crippen molar-refractivity contribution in [3.63, 3.8) is 0 Å². The lowest BCUT2D eigenvalue weighted by molar-refractivity contribution is 0.155. The van der Waals surface area contributed by atoms with Gasteiger partial charge in [-0.25, -0.2) is 0 Å². The van der Waals surface area contributed by atoms with Crippen LogP contribution in [0.25, 0.3) is 0 Å². The number of aliphatic hydroxyl groups is 1. The fourth-order valence-electron chi connectivity index (χ4n) is 2.13. The van der Waals surface area contributed by atoms with Crippen molar-refractivity contribution in [2.24, 2.45) is 0 Å². The predicted octanol–water partition coefficient (Wildman–Crippen LogP) is 3.28. The summed E-state index contributed by atoms with van der Waals surface area (Å²) >= 11 is 9.45. The summed E-state index contributed by atoms with van der Waals surface area (Å²) in [5.41, 5.74) is 0.818. The Labute approximate surface area is 109 Å². The van der Waals surface area contributed by atoms with E-state index in [2.05, 4.69) is 21.2 Å². The van der Waals surface area contributed by atoms with Gasteiger partial charge in [-0.05, 0) is 43.5 Å². The first kappa shape index (κ1) is 12.4. The van der Waals surface area contributed by atoms with E-state index in [9.17, 15) is 5.11 Å². The van der Waals surface area contributed by atoms with Crippen LogP contribution in [0, 0.1) is 0 Å². The van der Waals surface area contributed by atoms with Crippen molar-refractivity contribution in [1.29, 1.82) is 0 Å². The van der Waals surface area contributed by atoms with E-state index in [0.717, 1.165) is 29.4 Å². The highest BCUT2D eigenvalue weighted by Gasteiger charge is 2.20. The summed E-state index contributed by atoms with van der Waals surface area (Å²) in [5.74, 6) is 0. The highest BCUT2D eigenvalue weighted by molar-refractivity contribution is 9.10. The number of hydrogen-bond donors (Lipinski definition) is 2. The minimum atomic E-state index is -0.476. The van der Waals surface area contributed by atoms with Crippen LogP contribution in [-0.4, -0.2) is 17.7 Å². The molecule has 0 amide bonds. The molecule has 2 atom stereocenters. The SMILES string of the molecule is OC(CC1CCCN1)c1ccc(Br)cc1Cl. The number of benzene rings is 1. The third-order valence-corrected chi connectivity index (χ3v) is 3.81. The molecule has 0 aliphatic carbocycles. The Balaban J connectivity index is 2.04. The molecule has 1 aliphatic rings. The van der Waals surface area contributed by atoms with Crippen LogP contribution < -0.4 is 5.32 Å². The summed E-state index contributed by atoms with van der Waals surface area (Å²) in [4.78, 5) is 0. The quantitative estimate of drug-likeness (QED) is 0.898. The molecule has 1 saturated heterocycles. The average Bonchev–Trinajstić information content (AvgIpc) is 2.70. The van der Waals surface area contributed by atoms with Crippen LogP contribution in [0.1, 0.15) is 30.9 Å². The van der Waals surface area contributed by atoms with E-state index in [1.165, 1.54) is 6.42 Å². The third-order valence-electron chi connectivity index (χ3n) is 2.99. The van der Waals surface area contributed by atoms with Crippen molar-refractivity contribution in [3.05, 3.63) is 33.3 Å². The number of rotatable bonds is 3. The molecule has 0 aromatic heterocycles. The first-order valence-electron chi connectivity index (χ1n) is 5.53. The third kappa shape index (κ3) is 2.98. The summed E-state index contributed by atoms with van der Waals surface area (Å²) in [6, 6.07) is 6.04. The molecule has 2 N–H and O–H groups in total. The van der Waals surface area contributed by atoms with Crippen LogP contribution in [-0.2, 0) is 0 Å². The lowest BCUT2D eigenvalue weighted by Crippen LogP contribution is -2.23. The number of halogens is 2. The van der Waals surface area contributed by atoms with Gasteiger partial charge in [0, 0.05) is 15.5 Å². The summed E-state index contributed by atoms with van der Waals surface area (Å²) in [5, 5.41) is 14.1. The van der Waals surface area contributed by atoms with Gasteiger partial charge in [-0.15, -0.1) is 0 Å². The van der Waals surface area contributed by atoms with Gasteiger partial charge in [0.05, 0.1) is 6.10 Å². The van der Waals surface area contributed by atoms with Gasteiger partial charge in [0.25, 0.3) is 0 Å². The molecule has 4 heteroatoms. The minimum Gasteiger partial charge on any atom is -0.388 e. The smallest absolute Gasteiger partial charge is 0.0819 e. The zero-order valence-corrected chi connectivity index (χ0v) is 11.3. The molecule has 0 bridgehead atoms. The van der Waals surface area contributed by atoms with Crippen molar-refractivity contribution < 1.29 is 5.11 Å². The average molecular weight is 305 g/mol. The molecule has 1 aromatic carbocycles. The van der Waals surface area contributed by atoms with E-state index >= 15 is 0 Å². The largest absolute Gasteiger partial charge is 0.388 e. The van der Waals surface area contributed by atoms with E-state index in [1.807, 2.05) is 18.2 Å². The molecule has 88 valence electrons. The molecule has 2 rings (SSSR count). The fourth-order valence-corrected chi connectivity index (χ4v) is 2.93. The lowest BCUT2D eigenvalue weighted by atomic mass is 10.0. The molecule has 1 aliphatic heterocycles. The number of aliphatic hydroxyl groups excluding tert-OH is 1. The van der Waals surface area contributed by atoms with Crippen LogP contribution in [0.2, 0.25) is 5.02 Å². The van der Waals surface area contributed by atoms with Crippen LogP contribution in [0.5, 0.6) is 0 Å². The van der Waals surface area contributed by atoms with E-state index in [-0.39, 0.29) is 0 Å². The highest BCUT2D eigenvalue weighted by atomic mass is 79.9. The number of nitrogens with one attached hydrogen (secondary N) is 1. The molecular formula is C12H15BrClNO. The van der Waals surface area contributed by atoms with Gasteiger partial charge in [0.15, 0.2) is 0 Å². The maximum atomic E-state index is 10.1. The van der Waals surface area contributed by atoms with Crippen molar-refractivity contribution in [2.45, 2.75) is 31.4 Å². The molecule has 0 spiro atoms. The van der Waals surface area contributed by atoms with Gasteiger partial charge >= 0.3 is 0 Å². The monoisotopic (exact) mass is 303 g/mol. The van der Waals surface area contributed by atoms with Crippen LogP contribution in [0.15, 0.2) is 22.7 Å². The van der Waals surface area contributed by atoms with E-state index < -0.39 is 6.10 Å². The molecule has 1 fully saturated rings. The summed E-state index contributed by atoms with van der Waals surface area (Å²) < 4.78 is 0.937. The second kappa shape index (κ2) is 5.50. The van der Waals surface area contributed by atoms with E-state index in [4.69, 9.17) is 11.6 Å². The Morgan fingerprint density at radius 3 is 3.00 bits per heavy atom. The topological polar surface area (TPSA) is 32.3 Å². The Hall–Kier alpha value is -0.0900. The minimum absolute atomic E-state index is 0.426. The predicted molar refractivity (Wildman–Crippen MR) is 69.8 cm³/mol. The van der Waals surface area contributed by atoms with Gasteiger partial charge in [0.1, 0.15) is 0 Å². The zero-order chi connectivity index (χ0) is 11.5. The summed E-state index contributed by atoms with van der Waals surface area (Å²) in [6.07, 6.45) is 2.61. The van der Waals surface area contributed by atoms with Crippen LogP contribution in [0.3, 0.4) is 0 Å². The number of hydrogen-bond acceptors (Lipinski definition) is 2. The second-order valence-corrected chi connectivity index (χ2v) is 5.53. The lowest BCUT2D eigenvalue weighted by Gasteiger charge is -2.17. The van der Waals surface area contributed by atoms with Gasteiger partial charge in [0.2, 0.25) is 0 Å². The molecular weight excluding hydrogens is 289 g/mol. The molecule has 2 unspecified atom stereocenters. The van der Waals surface area contributed by atoms with Gasteiger partial charge < -0.3 is 10.4 Å². The normalized spacial score (nSPS) is 22.3. The van der Waals surface area contributed by atoms with E-state index in [1.54, 1.807) is 0 Å². The zero-order valence-electron chi connectivity index (χ0n) is 8.92. The Morgan fingerprint density at radius 2 is 2.38 bits per heavy atom. The van der Waals surface area contributed by atoms with Crippen molar-refractivity contribution in [1.82, 2.24) is 5.32 Å². The fraction of sp³-hybridized carbons (Fsp3) is 0.500. The van der Waals surface area contributed by atoms with Gasteiger partial charge in [-0.1, -0.05) is 33.6 Å². The maximum Gasteiger partial charge on any atom is 0.0819 e. The standard InChI is InChI=1S/C12H15BrClNO/c13-8-3-4-10(11(14)6-8)12(16)7-9-2-1-5-15-9/h3-4,6,9,12,15-16H,1-2,5,7H2. The molecule has 1 heterocycles. The Bertz CT molecular complexity index is 366. The van der Waals surface area contributed by atoms with E-state index in [0.29, 0.717) is 11.1 Å². The first-order valence-corrected chi connectivity index (χ1v) is 6.70. The van der Waals surface area contributed by atoms with Gasteiger partial charge in [-0.3, -0.25) is 0 Å². The highest BCUT2D eigenvalue weighted by Crippen LogP contribution is 2.29. The second-order valence-electron chi connectivity index (χ2n) is 4.21. The Kier molecular flexibility index (Phi) is 4.25. The van der Waals surface area contributed by atoms with Crippen LogP contribution >= 0.6 is 27.5 Å². The Morgan fingerprint density at radius 1 is 1.56 bits per heavy atom. The molecule has 16 heavy (non-hydrogen) atoms. The summed E-state index contributed by atoms with van der Waals surface area (Å²) in [6.45, 7) is 1.06. The van der Waals surface area contributed by atoms with Crippen LogP contribution in [0.4, 0.5) is 0 Å².